The number of para-hydroxylation sites is 5. The lowest BCUT2D eigenvalue weighted by Gasteiger charge is -2.14. The smallest absolute Gasteiger partial charge is 0.280 e. The Hall–Kier alpha value is -7.83. The number of hydrogen-bond donors (Lipinski definition) is 0. The summed E-state index contributed by atoms with van der Waals surface area (Å²) in [7, 11) is 0. The maximum atomic E-state index is 15.0. The lowest BCUT2D eigenvalue weighted by molar-refractivity contribution is 1.02. The van der Waals surface area contributed by atoms with E-state index in [1.54, 1.807) is 0 Å². The summed E-state index contributed by atoms with van der Waals surface area (Å²) in [4.78, 5) is 25.8. The molecular weight excluding hydrogens is 723 g/mol. The van der Waals surface area contributed by atoms with Gasteiger partial charge in [0.1, 0.15) is 5.52 Å². The zero-order chi connectivity index (χ0) is 39.6. The summed E-state index contributed by atoms with van der Waals surface area (Å²) in [5.74, 6) is 0.605. The van der Waals surface area contributed by atoms with E-state index in [9.17, 15) is 0 Å². The molecule has 0 aliphatic rings. The SMILES string of the molecule is CC.O=c1c2c(-c3ccc4c(c3)c3ccccc3n4-c3nc(-c4ccccc4)c4ccc5ccccc5c4n3)c3ccccc3n2c2ccccc2n1-c1ccccc1. The Morgan fingerprint density at radius 1 is 0.424 bits per heavy atom. The molecule has 0 saturated heterocycles. The summed E-state index contributed by atoms with van der Waals surface area (Å²) in [6.07, 6.45) is 0. The van der Waals surface area contributed by atoms with Gasteiger partial charge in [-0.25, -0.2) is 9.97 Å². The van der Waals surface area contributed by atoms with Crippen LogP contribution in [0.25, 0.3) is 105 Å². The van der Waals surface area contributed by atoms with Crippen molar-refractivity contribution in [1.29, 1.82) is 0 Å². The van der Waals surface area contributed by atoms with E-state index in [4.69, 9.17) is 9.97 Å². The van der Waals surface area contributed by atoms with Crippen molar-refractivity contribution in [2.75, 3.05) is 0 Å². The third-order valence-electron chi connectivity index (χ3n) is 11.4. The maximum absolute atomic E-state index is 15.0. The van der Waals surface area contributed by atoms with Crippen LogP contribution in [0.1, 0.15) is 13.8 Å². The zero-order valence-electron chi connectivity index (χ0n) is 32.5. The third-order valence-corrected chi connectivity index (χ3v) is 11.4. The first-order valence-electron chi connectivity index (χ1n) is 20.1. The highest BCUT2D eigenvalue weighted by Gasteiger charge is 2.24. The number of aromatic nitrogens is 5. The van der Waals surface area contributed by atoms with Gasteiger partial charge in [-0.15, -0.1) is 0 Å². The fourth-order valence-electron chi connectivity index (χ4n) is 8.99. The largest absolute Gasteiger partial charge is 0.302 e. The molecule has 6 heteroatoms. The van der Waals surface area contributed by atoms with Crippen LogP contribution in [0.4, 0.5) is 0 Å². The first kappa shape index (κ1) is 34.4. The second-order valence-electron chi connectivity index (χ2n) is 14.5. The fourth-order valence-corrected chi connectivity index (χ4v) is 8.99. The quantitative estimate of drug-likeness (QED) is 0.168. The van der Waals surface area contributed by atoms with Gasteiger partial charge < -0.3 is 4.40 Å². The predicted octanol–water partition coefficient (Wildman–Crippen LogP) is 13.0. The summed E-state index contributed by atoms with van der Waals surface area (Å²) in [5, 5.41) is 6.38. The van der Waals surface area contributed by atoms with E-state index >= 15 is 4.79 Å². The molecule has 0 N–H and O–H groups in total. The van der Waals surface area contributed by atoms with E-state index in [1.165, 1.54) is 0 Å². The van der Waals surface area contributed by atoms with Crippen molar-refractivity contribution in [1.82, 2.24) is 23.5 Å². The molecule has 0 aliphatic carbocycles. The molecule has 12 aromatic rings. The first-order valence-corrected chi connectivity index (χ1v) is 20.1. The molecule has 0 spiro atoms. The number of hydrogen-bond acceptors (Lipinski definition) is 3. The van der Waals surface area contributed by atoms with Crippen molar-refractivity contribution in [3.8, 4) is 34.0 Å². The van der Waals surface area contributed by atoms with E-state index < -0.39 is 0 Å². The van der Waals surface area contributed by atoms with Crippen LogP contribution in [0.3, 0.4) is 0 Å². The van der Waals surface area contributed by atoms with Gasteiger partial charge in [0.2, 0.25) is 5.95 Å². The Kier molecular flexibility index (Phi) is 7.98. The summed E-state index contributed by atoms with van der Waals surface area (Å²) in [6.45, 7) is 4.00. The number of benzene rings is 8. The van der Waals surface area contributed by atoms with Crippen LogP contribution in [0.2, 0.25) is 0 Å². The summed E-state index contributed by atoms with van der Waals surface area (Å²) >= 11 is 0. The number of nitrogens with zero attached hydrogens (tertiary/aromatic N) is 5. The highest BCUT2D eigenvalue weighted by atomic mass is 16.1. The second-order valence-corrected chi connectivity index (χ2v) is 14.5. The molecule has 280 valence electrons. The highest BCUT2D eigenvalue weighted by molar-refractivity contribution is 6.14. The van der Waals surface area contributed by atoms with Crippen LogP contribution in [-0.2, 0) is 0 Å². The first-order chi connectivity index (χ1) is 29.2. The molecule has 12 rings (SSSR count). The maximum Gasteiger partial charge on any atom is 0.280 e. The third kappa shape index (κ3) is 5.16. The van der Waals surface area contributed by atoms with Crippen LogP contribution >= 0.6 is 0 Å². The van der Waals surface area contributed by atoms with Gasteiger partial charge in [0, 0.05) is 43.7 Å². The van der Waals surface area contributed by atoms with Crippen molar-refractivity contribution < 1.29 is 0 Å². The Balaban J connectivity index is 0.00000196. The molecule has 6 nitrogen and oxygen atoms in total. The molecule has 4 heterocycles. The Morgan fingerprint density at radius 2 is 1.03 bits per heavy atom. The minimum atomic E-state index is -0.0705. The molecule has 0 atom stereocenters. The molecule has 0 radical (unpaired) electrons. The van der Waals surface area contributed by atoms with Crippen molar-refractivity contribution in [3.05, 3.63) is 198 Å². The topological polar surface area (TPSA) is 57.1 Å². The van der Waals surface area contributed by atoms with Gasteiger partial charge in [-0.2, -0.15) is 0 Å². The average molecular weight is 760 g/mol. The molecule has 0 aliphatic heterocycles. The van der Waals surface area contributed by atoms with Gasteiger partial charge in [-0.1, -0.05) is 147 Å². The van der Waals surface area contributed by atoms with Gasteiger partial charge in [-0.05, 0) is 65.5 Å². The predicted molar refractivity (Wildman–Crippen MR) is 245 cm³/mol. The van der Waals surface area contributed by atoms with Gasteiger partial charge in [0.05, 0.1) is 38.8 Å². The van der Waals surface area contributed by atoms with E-state index in [-0.39, 0.29) is 5.56 Å². The van der Waals surface area contributed by atoms with Crippen molar-refractivity contribution in [2.24, 2.45) is 0 Å². The Morgan fingerprint density at radius 3 is 1.81 bits per heavy atom. The molecule has 0 unspecified atom stereocenters. The molecule has 8 aromatic carbocycles. The summed E-state index contributed by atoms with van der Waals surface area (Å²) < 4.78 is 6.18. The normalized spacial score (nSPS) is 11.6. The molecule has 0 fully saturated rings. The minimum Gasteiger partial charge on any atom is -0.302 e. The minimum absolute atomic E-state index is 0.0705. The van der Waals surface area contributed by atoms with Crippen LogP contribution in [0.15, 0.2) is 193 Å². The number of rotatable bonds is 4. The average Bonchev–Trinajstić information content (AvgIpc) is 3.83. The van der Waals surface area contributed by atoms with Crippen LogP contribution < -0.4 is 5.56 Å². The lowest BCUT2D eigenvalue weighted by atomic mass is 10.0. The van der Waals surface area contributed by atoms with E-state index in [0.717, 1.165) is 93.5 Å². The Labute approximate surface area is 339 Å². The summed E-state index contributed by atoms with van der Waals surface area (Å²) in [6, 6.07) is 64.5. The lowest BCUT2D eigenvalue weighted by Crippen LogP contribution is -2.21. The molecular formula is C53H37N5O. The van der Waals surface area contributed by atoms with Crippen molar-refractivity contribution >= 4 is 70.9 Å². The van der Waals surface area contributed by atoms with Crippen molar-refractivity contribution in [2.45, 2.75) is 13.8 Å². The van der Waals surface area contributed by atoms with Crippen LogP contribution in [-0.4, -0.2) is 23.5 Å². The van der Waals surface area contributed by atoms with Crippen LogP contribution in [0, 0.1) is 0 Å². The molecule has 0 amide bonds. The fraction of sp³-hybridized carbons (Fsp3) is 0.0377. The molecule has 4 aromatic heterocycles. The molecule has 0 bridgehead atoms. The van der Waals surface area contributed by atoms with Gasteiger partial charge in [0.25, 0.3) is 5.56 Å². The zero-order valence-corrected chi connectivity index (χ0v) is 32.5. The van der Waals surface area contributed by atoms with E-state index in [1.807, 2.05) is 79.1 Å². The molecule has 0 saturated carbocycles. The number of fused-ring (bicyclic) bond motifs is 11. The van der Waals surface area contributed by atoms with Gasteiger partial charge in [0.15, 0.2) is 0 Å². The Bertz CT molecular complexity index is 3660. The van der Waals surface area contributed by atoms with Gasteiger partial charge >= 0.3 is 0 Å². The summed E-state index contributed by atoms with van der Waals surface area (Å²) in [5.41, 5.74) is 10.9. The van der Waals surface area contributed by atoms with E-state index in [0.29, 0.717) is 11.5 Å². The van der Waals surface area contributed by atoms with Crippen molar-refractivity contribution in [3.63, 3.8) is 0 Å². The van der Waals surface area contributed by atoms with E-state index in [2.05, 4.69) is 136 Å². The van der Waals surface area contributed by atoms with Crippen LogP contribution in [0.5, 0.6) is 0 Å². The van der Waals surface area contributed by atoms with Gasteiger partial charge in [-0.3, -0.25) is 13.9 Å². The highest BCUT2D eigenvalue weighted by Crippen LogP contribution is 2.41. The standard InChI is InChI=1S/C51H31N5O.C2H6/c57-50-49-46(38-22-10-12-24-42(38)55(49)45-26-14-13-25-44(45)54(50)35-18-5-2-6-19-35)34-28-30-43-40(31-34)37-21-9-11-23-41(37)56(43)51-52-47(33-16-3-1-4-17-33)39-29-27-32-15-7-8-20-36(32)48(39)53-51;1-2/h1-31H;1-2H3. The molecule has 59 heavy (non-hydrogen) atoms. The monoisotopic (exact) mass is 759 g/mol. The second kappa shape index (κ2) is 13.7.